The number of anilines is 1. The van der Waals surface area contributed by atoms with E-state index in [1.54, 1.807) is 31.5 Å². The number of aliphatic hydroxyl groups is 1. The van der Waals surface area contributed by atoms with E-state index >= 15 is 0 Å². The largest absolute Gasteiger partial charge is 0.495 e. The second kappa shape index (κ2) is 6.36. The number of hydrogen-bond acceptors (Lipinski definition) is 4. The van der Waals surface area contributed by atoms with Gasteiger partial charge in [-0.25, -0.2) is 4.99 Å². The van der Waals surface area contributed by atoms with E-state index in [1.165, 1.54) is 6.21 Å². The van der Waals surface area contributed by atoms with Crippen molar-refractivity contribution in [2.24, 2.45) is 4.99 Å². The molecule has 0 radical (unpaired) electrons. The molecule has 0 saturated carbocycles. The molecule has 0 bridgehead atoms. The molecule has 0 atom stereocenters. The lowest BCUT2D eigenvalue weighted by atomic mass is 10.1. The molecule has 3 N–H and O–H groups in total. The third kappa shape index (κ3) is 3.07. The minimum atomic E-state index is -0.117. The number of methoxy groups -OCH3 is 1. The molecule has 0 amide bonds. The van der Waals surface area contributed by atoms with Crippen LogP contribution in [-0.2, 0) is 0 Å². The SMILES string of the molecule is COc1cccc(N/C=C2/C=C(CO)C=NC2=N)c1Cl. The van der Waals surface area contributed by atoms with Crippen LogP contribution in [0, 0.1) is 5.41 Å². The van der Waals surface area contributed by atoms with E-state index in [0.29, 0.717) is 27.6 Å². The van der Waals surface area contributed by atoms with Gasteiger partial charge >= 0.3 is 0 Å². The zero-order valence-corrected chi connectivity index (χ0v) is 11.6. The fourth-order valence-corrected chi connectivity index (χ4v) is 1.92. The van der Waals surface area contributed by atoms with Gasteiger partial charge in [-0.3, -0.25) is 5.41 Å². The number of halogens is 1. The van der Waals surface area contributed by atoms with Gasteiger partial charge in [-0.1, -0.05) is 17.7 Å². The quantitative estimate of drug-likeness (QED) is 0.798. The van der Waals surface area contributed by atoms with E-state index in [1.807, 2.05) is 6.07 Å². The molecule has 6 heteroatoms. The Balaban J connectivity index is 2.23. The number of amidine groups is 1. The van der Waals surface area contributed by atoms with Crippen molar-refractivity contribution < 1.29 is 9.84 Å². The number of benzene rings is 1. The second-order valence-corrected chi connectivity index (χ2v) is 4.43. The van der Waals surface area contributed by atoms with Crippen LogP contribution in [0.1, 0.15) is 0 Å². The highest BCUT2D eigenvalue weighted by Crippen LogP contribution is 2.31. The summed E-state index contributed by atoms with van der Waals surface area (Å²) < 4.78 is 5.13. The number of dihydropyridines is 1. The maximum atomic E-state index is 9.08. The van der Waals surface area contributed by atoms with Gasteiger partial charge in [-0.15, -0.1) is 0 Å². The van der Waals surface area contributed by atoms with E-state index in [4.69, 9.17) is 26.9 Å². The molecule has 0 aromatic heterocycles. The number of nitrogens with one attached hydrogen (secondary N) is 2. The van der Waals surface area contributed by atoms with Crippen LogP contribution in [0.2, 0.25) is 5.02 Å². The first-order valence-electron chi connectivity index (χ1n) is 5.89. The molecule has 0 unspecified atom stereocenters. The van der Waals surface area contributed by atoms with Gasteiger partial charge in [0, 0.05) is 18.0 Å². The van der Waals surface area contributed by atoms with Crippen molar-refractivity contribution in [3.8, 4) is 5.75 Å². The van der Waals surface area contributed by atoms with Gasteiger partial charge in [0.1, 0.15) is 10.8 Å². The van der Waals surface area contributed by atoms with Crippen molar-refractivity contribution in [2.75, 3.05) is 19.0 Å². The third-order valence-electron chi connectivity index (χ3n) is 2.72. The summed E-state index contributed by atoms with van der Waals surface area (Å²) in [5, 5.41) is 20.3. The van der Waals surface area contributed by atoms with Gasteiger partial charge in [0.05, 0.1) is 19.4 Å². The van der Waals surface area contributed by atoms with Crippen LogP contribution < -0.4 is 10.1 Å². The van der Waals surface area contributed by atoms with Crippen molar-refractivity contribution in [1.82, 2.24) is 0 Å². The molecular weight excluding hydrogens is 278 g/mol. The fraction of sp³-hybridized carbons (Fsp3) is 0.143. The molecule has 0 spiro atoms. The number of nitrogens with zero attached hydrogens (tertiary/aromatic N) is 1. The zero-order chi connectivity index (χ0) is 14.5. The number of hydrogen-bond donors (Lipinski definition) is 3. The zero-order valence-electron chi connectivity index (χ0n) is 10.9. The molecule has 1 aliphatic rings. The van der Waals surface area contributed by atoms with Crippen LogP contribution in [0.4, 0.5) is 5.69 Å². The highest BCUT2D eigenvalue weighted by atomic mass is 35.5. The van der Waals surface area contributed by atoms with Crippen molar-refractivity contribution in [2.45, 2.75) is 0 Å². The van der Waals surface area contributed by atoms with E-state index in [2.05, 4.69) is 10.3 Å². The second-order valence-electron chi connectivity index (χ2n) is 4.05. The molecule has 0 fully saturated rings. The first kappa shape index (κ1) is 14.3. The van der Waals surface area contributed by atoms with Crippen LogP contribution in [0.15, 0.2) is 46.6 Å². The maximum Gasteiger partial charge on any atom is 0.153 e. The van der Waals surface area contributed by atoms with Crippen molar-refractivity contribution >= 4 is 29.3 Å². The smallest absolute Gasteiger partial charge is 0.153 e. The molecule has 5 nitrogen and oxygen atoms in total. The predicted octanol–water partition coefficient (Wildman–Crippen LogP) is 2.62. The lowest BCUT2D eigenvalue weighted by Gasteiger charge is -2.11. The van der Waals surface area contributed by atoms with E-state index < -0.39 is 0 Å². The van der Waals surface area contributed by atoms with E-state index in [0.717, 1.165) is 0 Å². The predicted molar refractivity (Wildman–Crippen MR) is 81.1 cm³/mol. The summed E-state index contributed by atoms with van der Waals surface area (Å²) in [7, 11) is 1.55. The van der Waals surface area contributed by atoms with Crippen molar-refractivity contribution in [3.63, 3.8) is 0 Å². The molecule has 1 heterocycles. The lowest BCUT2D eigenvalue weighted by molar-refractivity contribution is 0.337. The van der Waals surface area contributed by atoms with Crippen LogP contribution in [-0.4, -0.2) is 30.9 Å². The van der Waals surface area contributed by atoms with Crippen LogP contribution in [0.3, 0.4) is 0 Å². The van der Waals surface area contributed by atoms with Gasteiger partial charge in [0.25, 0.3) is 0 Å². The standard InChI is InChI=1S/C14H14ClN3O2/c1-20-12-4-2-3-11(13(12)15)17-7-10-5-9(8-19)6-18-14(10)16/h2-7,16-17,19H,8H2,1H3/b10-7-,16-14?. The number of aliphatic hydroxyl groups excluding tert-OH is 1. The van der Waals surface area contributed by atoms with Crippen LogP contribution in [0.5, 0.6) is 5.75 Å². The summed E-state index contributed by atoms with van der Waals surface area (Å²) in [6, 6.07) is 5.37. The third-order valence-corrected chi connectivity index (χ3v) is 3.11. The minimum Gasteiger partial charge on any atom is -0.495 e. The molecular formula is C14H14ClN3O2. The summed E-state index contributed by atoms with van der Waals surface area (Å²) in [4.78, 5) is 3.90. The van der Waals surface area contributed by atoms with Crippen LogP contribution in [0.25, 0.3) is 0 Å². The summed E-state index contributed by atoms with van der Waals surface area (Å²) in [6.07, 6.45) is 4.78. The Bertz CT molecular complexity index is 621. The Morgan fingerprint density at radius 2 is 2.30 bits per heavy atom. The van der Waals surface area contributed by atoms with Gasteiger partial charge in [0.2, 0.25) is 0 Å². The normalized spacial score (nSPS) is 16.2. The Kier molecular flexibility index (Phi) is 4.55. The maximum absolute atomic E-state index is 9.08. The fourth-order valence-electron chi connectivity index (χ4n) is 1.66. The number of rotatable bonds is 4. The average Bonchev–Trinajstić information content (AvgIpc) is 2.47. The summed E-state index contributed by atoms with van der Waals surface area (Å²) in [6.45, 7) is -0.117. The molecule has 1 aromatic rings. The van der Waals surface area contributed by atoms with Crippen LogP contribution >= 0.6 is 11.6 Å². The topological polar surface area (TPSA) is 77.7 Å². The molecule has 2 rings (SSSR count). The summed E-state index contributed by atoms with van der Waals surface area (Å²) in [5.41, 5.74) is 1.88. The van der Waals surface area contributed by atoms with E-state index in [9.17, 15) is 0 Å². The van der Waals surface area contributed by atoms with Gasteiger partial charge in [-0.2, -0.15) is 0 Å². The highest BCUT2D eigenvalue weighted by molar-refractivity contribution is 6.34. The molecule has 0 saturated heterocycles. The Morgan fingerprint density at radius 3 is 3.00 bits per heavy atom. The monoisotopic (exact) mass is 291 g/mol. The Labute approximate surface area is 121 Å². The first-order valence-corrected chi connectivity index (χ1v) is 6.27. The van der Waals surface area contributed by atoms with Gasteiger partial charge in [0.15, 0.2) is 5.84 Å². The van der Waals surface area contributed by atoms with Gasteiger partial charge < -0.3 is 15.2 Å². The van der Waals surface area contributed by atoms with Crippen molar-refractivity contribution in [3.05, 3.63) is 46.6 Å². The first-order chi connectivity index (χ1) is 9.65. The average molecular weight is 292 g/mol. The van der Waals surface area contributed by atoms with E-state index in [-0.39, 0.29) is 12.4 Å². The highest BCUT2D eigenvalue weighted by Gasteiger charge is 2.09. The Morgan fingerprint density at radius 1 is 1.50 bits per heavy atom. The summed E-state index contributed by atoms with van der Waals surface area (Å²) in [5.74, 6) is 0.687. The molecule has 104 valence electrons. The summed E-state index contributed by atoms with van der Waals surface area (Å²) >= 11 is 6.16. The molecule has 1 aliphatic heterocycles. The molecule has 0 aliphatic carbocycles. The molecule has 1 aromatic carbocycles. The lowest BCUT2D eigenvalue weighted by Crippen LogP contribution is -2.08. The number of ether oxygens (including phenoxy) is 1. The number of aliphatic imine (C=N–C) groups is 1. The van der Waals surface area contributed by atoms with Gasteiger partial charge in [-0.05, 0) is 23.8 Å². The minimum absolute atomic E-state index is 0.117. The Hall–Kier alpha value is -2.11. The molecule has 20 heavy (non-hydrogen) atoms. The van der Waals surface area contributed by atoms with Crippen molar-refractivity contribution in [1.29, 1.82) is 5.41 Å².